The number of hydrogen-bond donors (Lipinski definition) is 0. The van der Waals surface area contributed by atoms with Gasteiger partial charge in [0.2, 0.25) is 0 Å². The minimum atomic E-state index is 0.0261. The molecule has 1 aromatic heterocycles. The Morgan fingerprint density at radius 2 is 1.86 bits per heavy atom. The second-order valence-corrected chi connectivity index (χ2v) is 6.95. The molecule has 0 radical (unpaired) electrons. The molecule has 0 aliphatic rings. The van der Waals surface area contributed by atoms with Crippen molar-refractivity contribution < 1.29 is 4.74 Å². The summed E-state index contributed by atoms with van der Waals surface area (Å²) in [6, 6.07) is 15.7. The molecule has 1 heterocycles. The van der Waals surface area contributed by atoms with Crippen LogP contribution in [0.1, 0.15) is 19.8 Å². The van der Waals surface area contributed by atoms with Gasteiger partial charge in [-0.2, -0.15) is 0 Å². The molecule has 0 N–H and O–H groups in total. The Morgan fingerprint density at radius 3 is 2.57 bits per heavy atom. The van der Waals surface area contributed by atoms with Crippen LogP contribution in [-0.4, -0.2) is 24.9 Å². The van der Waals surface area contributed by atoms with Crippen LogP contribution in [0.3, 0.4) is 0 Å². The van der Waals surface area contributed by atoms with Crippen molar-refractivity contribution in [3.8, 4) is 11.4 Å². The average molecular weight is 346 g/mol. The molecule has 0 aliphatic carbocycles. The van der Waals surface area contributed by atoms with E-state index >= 15 is 0 Å². The third-order valence-electron chi connectivity index (χ3n) is 3.33. The molecule has 0 amide bonds. The maximum absolute atomic E-state index is 12.4. The molecule has 3 aromatic rings. The molecule has 0 unspecified atom stereocenters. The van der Waals surface area contributed by atoms with Crippen LogP contribution in [0.5, 0.6) is 5.75 Å². The van der Waals surface area contributed by atoms with E-state index in [0.29, 0.717) is 0 Å². The summed E-state index contributed by atoms with van der Waals surface area (Å²) >= 11 is 0.0261. The van der Waals surface area contributed by atoms with Crippen LogP contribution < -0.4 is 10.3 Å². The summed E-state index contributed by atoms with van der Waals surface area (Å²) in [7, 11) is 0. The van der Waals surface area contributed by atoms with Crippen LogP contribution in [0.4, 0.5) is 0 Å². The Balaban J connectivity index is 1.89. The van der Waals surface area contributed by atoms with E-state index in [9.17, 15) is 4.79 Å². The third kappa shape index (κ3) is 2.97. The Morgan fingerprint density at radius 1 is 1.10 bits per heavy atom. The summed E-state index contributed by atoms with van der Waals surface area (Å²) in [5.41, 5.74) is 1.05. The van der Waals surface area contributed by atoms with Gasteiger partial charge in [-0.3, -0.25) is 0 Å². The van der Waals surface area contributed by atoms with Crippen molar-refractivity contribution in [2.45, 2.75) is 19.8 Å². The predicted octanol–water partition coefficient (Wildman–Crippen LogP) is 3.23. The number of rotatable bonds is 5. The van der Waals surface area contributed by atoms with E-state index in [2.05, 4.69) is 6.92 Å². The van der Waals surface area contributed by atoms with E-state index in [1.807, 2.05) is 52.1 Å². The van der Waals surface area contributed by atoms with Crippen molar-refractivity contribution in [3.63, 3.8) is 0 Å². The Kier molecular flexibility index (Phi) is 4.28. The zero-order valence-electron chi connectivity index (χ0n) is 11.9. The van der Waals surface area contributed by atoms with Gasteiger partial charge in [-0.1, -0.05) is 0 Å². The van der Waals surface area contributed by atoms with Crippen molar-refractivity contribution in [3.05, 3.63) is 58.9 Å². The van der Waals surface area contributed by atoms with Crippen LogP contribution in [0.2, 0.25) is 0 Å². The second-order valence-electron chi connectivity index (χ2n) is 4.88. The molecule has 2 aromatic carbocycles. The fraction of sp³-hybridized carbons (Fsp3) is 0.235. The monoisotopic (exact) mass is 347 g/mol. The number of fused-ring (bicyclic) bond motifs is 1. The van der Waals surface area contributed by atoms with Crippen LogP contribution in [0, 0.1) is 0 Å². The molecule has 4 heteroatoms. The van der Waals surface area contributed by atoms with Gasteiger partial charge in [0.05, 0.1) is 0 Å². The van der Waals surface area contributed by atoms with Crippen LogP contribution in [0.15, 0.2) is 53.3 Å². The first-order chi connectivity index (χ1) is 10.3. The zero-order valence-corrected chi connectivity index (χ0v) is 13.6. The van der Waals surface area contributed by atoms with Crippen molar-refractivity contribution in [2.24, 2.45) is 0 Å². The average Bonchev–Trinajstić information content (AvgIpc) is 2.86. The number of aromatic nitrogens is 1. The number of benzene rings is 2. The van der Waals surface area contributed by atoms with Gasteiger partial charge < -0.3 is 0 Å². The van der Waals surface area contributed by atoms with E-state index in [1.165, 1.54) is 0 Å². The fourth-order valence-electron chi connectivity index (χ4n) is 2.15. The first-order valence-corrected chi connectivity index (χ1v) is 8.76. The number of hydrogen-bond acceptors (Lipinski definition) is 2. The van der Waals surface area contributed by atoms with Gasteiger partial charge in [0, 0.05) is 0 Å². The normalized spacial score (nSPS) is 10.9. The van der Waals surface area contributed by atoms with Crippen molar-refractivity contribution in [2.75, 3.05) is 6.61 Å². The van der Waals surface area contributed by atoms with E-state index in [0.717, 1.165) is 40.5 Å². The number of nitrogens with zero attached hydrogens (tertiary/aromatic N) is 1. The summed E-state index contributed by atoms with van der Waals surface area (Å²) in [6.07, 6.45) is 2.19. The molecular formula is C17H17NO2Se. The molecule has 0 saturated heterocycles. The molecule has 108 valence electrons. The molecule has 0 saturated carbocycles. The quantitative estimate of drug-likeness (QED) is 0.525. The summed E-state index contributed by atoms with van der Waals surface area (Å²) in [5, 5.41) is 0.834. The van der Waals surface area contributed by atoms with Gasteiger partial charge in [-0.05, 0) is 0 Å². The van der Waals surface area contributed by atoms with Crippen LogP contribution in [-0.2, 0) is 0 Å². The maximum atomic E-state index is 12.4. The minimum absolute atomic E-state index is 0.0261. The fourth-order valence-corrected chi connectivity index (χ4v) is 4.25. The summed E-state index contributed by atoms with van der Waals surface area (Å²) in [6.45, 7) is 2.89. The van der Waals surface area contributed by atoms with Crippen molar-refractivity contribution in [1.29, 1.82) is 0 Å². The summed E-state index contributed by atoms with van der Waals surface area (Å²) in [5.74, 6) is 0.865. The predicted molar refractivity (Wildman–Crippen MR) is 86.9 cm³/mol. The molecule has 0 spiro atoms. The van der Waals surface area contributed by atoms with E-state index < -0.39 is 0 Å². The van der Waals surface area contributed by atoms with Gasteiger partial charge in [-0.15, -0.1) is 0 Å². The van der Waals surface area contributed by atoms with Crippen molar-refractivity contribution in [1.82, 2.24) is 3.56 Å². The van der Waals surface area contributed by atoms with E-state index in [1.54, 1.807) is 0 Å². The molecule has 0 aliphatic heterocycles. The van der Waals surface area contributed by atoms with Crippen molar-refractivity contribution >= 4 is 24.4 Å². The molecule has 0 bridgehead atoms. The standard InChI is InChI=1S/C17H17NO2Se/c1-2-3-12-20-14-10-8-13(9-11-14)18-17(19)15-6-4-5-7-16(15)21-18/h4-11H,2-3,12H2,1H3. The number of unbranched alkanes of at least 4 members (excludes halogenated alkanes) is 1. The topological polar surface area (TPSA) is 31.2 Å². The Hall–Kier alpha value is -1.77. The van der Waals surface area contributed by atoms with Gasteiger partial charge >= 0.3 is 129 Å². The van der Waals surface area contributed by atoms with E-state index in [4.69, 9.17) is 4.74 Å². The summed E-state index contributed by atoms with van der Waals surface area (Å²) < 4.78 is 8.67. The first kappa shape index (κ1) is 14.2. The van der Waals surface area contributed by atoms with Gasteiger partial charge in [-0.25, -0.2) is 0 Å². The first-order valence-electron chi connectivity index (χ1n) is 7.14. The molecule has 0 atom stereocenters. The van der Waals surface area contributed by atoms with E-state index in [-0.39, 0.29) is 20.3 Å². The van der Waals surface area contributed by atoms with Gasteiger partial charge in [0.25, 0.3) is 0 Å². The summed E-state index contributed by atoms with van der Waals surface area (Å²) in [4.78, 5) is 12.4. The SMILES string of the molecule is CCCCOc1ccc(-n2[se]c3ccccc3c2=O)cc1. The Bertz CT molecular complexity index is 786. The molecule has 21 heavy (non-hydrogen) atoms. The second kappa shape index (κ2) is 6.33. The van der Waals surface area contributed by atoms with Crippen LogP contribution >= 0.6 is 0 Å². The molecule has 3 nitrogen and oxygen atoms in total. The zero-order chi connectivity index (χ0) is 14.7. The Labute approximate surface area is 129 Å². The van der Waals surface area contributed by atoms with Gasteiger partial charge in [0.1, 0.15) is 0 Å². The third-order valence-corrected chi connectivity index (χ3v) is 5.66. The molecular weight excluding hydrogens is 329 g/mol. The van der Waals surface area contributed by atoms with Crippen LogP contribution in [0.25, 0.3) is 15.3 Å². The molecule has 3 rings (SSSR count). The molecule has 0 fully saturated rings. The number of ether oxygens (including phenoxy) is 1. The van der Waals surface area contributed by atoms with Gasteiger partial charge in [0.15, 0.2) is 0 Å².